The molecular formula is C21H29N3O2. The normalized spacial score (nSPS) is 12.1. The molecule has 5 heteroatoms. The van der Waals surface area contributed by atoms with Gasteiger partial charge in [-0.2, -0.15) is 0 Å². The smallest absolute Gasteiger partial charge is 0.242 e. The second-order valence-corrected chi connectivity index (χ2v) is 7.03. The average molecular weight is 355 g/mol. The third-order valence-electron chi connectivity index (χ3n) is 4.55. The van der Waals surface area contributed by atoms with E-state index in [0.717, 1.165) is 12.1 Å². The van der Waals surface area contributed by atoms with E-state index in [9.17, 15) is 9.59 Å². The van der Waals surface area contributed by atoms with Crippen LogP contribution in [0.15, 0.2) is 36.4 Å². The summed E-state index contributed by atoms with van der Waals surface area (Å²) in [6.07, 6.45) is 0.753. The first-order valence-electron chi connectivity index (χ1n) is 9.09. The monoisotopic (exact) mass is 355 g/mol. The summed E-state index contributed by atoms with van der Waals surface area (Å²) in [5.74, 6) is -0.278. The van der Waals surface area contributed by atoms with Crippen LogP contribution >= 0.6 is 0 Å². The first-order valence-corrected chi connectivity index (χ1v) is 9.09. The second kappa shape index (κ2) is 8.70. The summed E-state index contributed by atoms with van der Waals surface area (Å²) >= 11 is 0. The van der Waals surface area contributed by atoms with Crippen molar-refractivity contribution in [2.45, 2.75) is 47.1 Å². The van der Waals surface area contributed by atoms with E-state index in [0.29, 0.717) is 6.54 Å². The fourth-order valence-corrected chi connectivity index (χ4v) is 3.24. The van der Waals surface area contributed by atoms with E-state index in [1.807, 2.05) is 32.0 Å². The van der Waals surface area contributed by atoms with Gasteiger partial charge in [0.1, 0.15) is 6.04 Å². The van der Waals surface area contributed by atoms with Gasteiger partial charge in [-0.25, -0.2) is 0 Å². The molecule has 0 aliphatic carbocycles. The van der Waals surface area contributed by atoms with Crippen molar-refractivity contribution in [1.29, 1.82) is 0 Å². The molecule has 140 valence electrons. The molecule has 0 spiro atoms. The summed E-state index contributed by atoms with van der Waals surface area (Å²) in [4.78, 5) is 23.6. The molecule has 1 aromatic heterocycles. The first-order chi connectivity index (χ1) is 12.3. The number of nitrogens with zero attached hydrogens (tertiary/aromatic N) is 1. The van der Waals surface area contributed by atoms with E-state index < -0.39 is 6.04 Å². The van der Waals surface area contributed by atoms with Crippen LogP contribution in [0.5, 0.6) is 0 Å². The van der Waals surface area contributed by atoms with E-state index in [2.05, 4.69) is 47.2 Å². The molecule has 0 saturated heterocycles. The van der Waals surface area contributed by atoms with Crippen LogP contribution in [0, 0.1) is 19.8 Å². The second-order valence-electron chi connectivity index (χ2n) is 7.03. The van der Waals surface area contributed by atoms with Gasteiger partial charge in [-0.3, -0.25) is 9.59 Å². The first kappa shape index (κ1) is 19.8. The lowest BCUT2D eigenvalue weighted by atomic mass is 10.0. The number of carbonyl (C=O) groups is 2. The minimum Gasteiger partial charge on any atom is -0.354 e. The van der Waals surface area contributed by atoms with E-state index in [1.54, 1.807) is 0 Å². The van der Waals surface area contributed by atoms with Crippen LogP contribution in [0.3, 0.4) is 0 Å². The zero-order chi connectivity index (χ0) is 19.3. The number of hydrogen-bond donors (Lipinski definition) is 2. The predicted octanol–water partition coefficient (Wildman–Crippen LogP) is 2.91. The number of aryl methyl sites for hydroxylation is 1. The SMILES string of the molecule is CC(=O)NC(C(=O)NCCc1cc(C)n(-c2ccccc2)c1C)C(C)C. The molecule has 0 aliphatic heterocycles. The molecule has 2 amide bonds. The van der Waals surface area contributed by atoms with Crippen molar-refractivity contribution in [2.24, 2.45) is 5.92 Å². The van der Waals surface area contributed by atoms with Gasteiger partial charge in [-0.05, 0) is 49.9 Å². The summed E-state index contributed by atoms with van der Waals surface area (Å²) in [5.41, 5.74) is 4.72. The van der Waals surface area contributed by atoms with Gasteiger partial charge in [-0.1, -0.05) is 32.0 Å². The van der Waals surface area contributed by atoms with Gasteiger partial charge in [-0.15, -0.1) is 0 Å². The van der Waals surface area contributed by atoms with Crippen LogP contribution in [0.1, 0.15) is 37.7 Å². The summed E-state index contributed by atoms with van der Waals surface area (Å²) < 4.78 is 2.23. The van der Waals surface area contributed by atoms with Crippen LogP contribution in [0.25, 0.3) is 5.69 Å². The molecule has 0 aliphatic rings. The zero-order valence-electron chi connectivity index (χ0n) is 16.3. The lowest BCUT2D eigenvalue weighted by Crippen LogP contribution is -2.49. The summed E-state index contributed by atoms with van der Waals surface area (Å²) in [6, 6.07) is 11.9. The number of rotatable bonds is 7. The van der Waals surface area contributed by atoms with Crippen molar-refractivity contribution in [3.8, 4) is 5.69 Å². The molecule has 5 nitrogen and oxygen atoms in total. The number of aromatic nitrogens is 1. The fourth-order valence-electron chi connectivity index (χ4n) is 3.24. The van der Waals surface area contributed by atoms with Gasteiger partial charge in [0.25, 0.3) is 0 Å². The number of benzene rings is 1. The highest BCUT2D eigenvalue weighted by Gasteiger charge is 2.22. The number of nitrogens with one attached hydrogen (secondary N) is 2. The van der Waals surface area contributed by atoms with Crippen molar-refractivity contribution in [1.82, 2.24) is 15.2 Å². The summed E-state index contributed by atoms with van der Waals surface area (Å²) in [6.45, 7) is 10.0. The van der Waals surface area contributed by atoms with E-state index in [1.165, 1.54) is 23.9 Å². The number of carbonyl (C=O) groups excluding carboxylic acids is 2. The average Bonchev–Trinajstić information content (AvgIpc) is 2.86. The van der Waals surface area contributed by atoms with Gasteiger partial charge >= 0.3 is 0 Å². The summed E-state index contributed by atoms with van der Waals surface area (Å²) in [5, 5.41) is 5.67. The third-order valence-corrected chi connectivity index (χ3v) is 4.55. The highest BCUT2D eigenvalue weighted by atomic mass is 16.2. The van der Waals surface area contributed by atoms with Gasteiger partial charge < -0.3 is 15.2 Å². The Bertz CT molecular complexity index is 763. The Morgan fingerprint density at radius 3 is 2.35 bits per heavy atom. The van der Waals surface area contributed by atoms with Crippen molar-refractivity contribution < 1.29 is 9.59 Å². The molecule has 26 heavy (non-hydrogen) atoms. The maximum Gasteiger partial charge on any atom is 0.242 e. The molecular weight excluding hydrogens is 326 g/mol. The van der Waals surface area contributed by atoms with Crippen molar-refractivity contribution in [3.05, 3.63) is 53.3 Å². The Labute approximate surface area is 155 Å². The molecule has 1 heterocycles. The summed E-state index contributed by atoms with van der Waals surface area (Å²) in [7, 11) is 0. The Kier molecular flexibility index (Phi) is 6.61. The molecule has 0 fully saturated rings. The number of hydrogen-bond acceptors (Lipinski definition) is 2. The fraction of sp³-hybridized carbons (Fsp3) is 0.429. The van der Waals surface area contributed by atoms with E-state index in [-0.39, 0.29) is 17.7 Å². The van der Waals surface area contributed by atoms with Crippen LogP contribution < -0.4 is 10.6 Å². The zero-order valence-corrected chi connectivity index (χ0v) is 16.3. The molecule has 2 N–H and O–H groups in total. The maximum atomic E-state index is 12.4. The molecule has 2 rings (SSSR count). The highest BCUT2D eigenvalue weighted by molar-refractivity contribution is 5.87. The Balaban J connectivity index is 2.02. The molecule has 0 bridgehead atoms. The Morgan fingerprint density at radius 2 is 1.77 bits per heavy atom. The van der Waals surface area contributed by atoms with E-state index in [4.69, 9.17) is 0 Å². The standard InChI is InChI=1S/C21H29N3O2/c1-14(2)20(23-17(5)25)21(26)22-12-11-18-13-15(3)24(16(18)4)19-9-7-6-8-10-19/h6-10,13-14,20H,11-12H2,1-5H3,(H,22,26)(H,23,25). The van der Waals surface area contributed by atoms with Crippen LogP contribution in [0.2, 0.25) is 0 Å². The molecule has 2 aromatic rings. The highest BCUT2D eigenvalue weighted by Crippen LogP contribution is 2.20. The minimum absolute atomic E-state index is 0.0436. The number of amides is 2. The molecule has 0 radical (unpaired) electrons. The molecule has 1 atom stereocenters. The van der Waals surface area contributed by atoms with Gasteiger partial charge in [0, 0.05) is 30.5 Å². The van der Waals surface area contributed by atoms with E-state index >= 15 is 0 Å². The lowest BCUT2D eigenvalue weighted by Gasteiger charge is -2.20. The Morgan fingerprint density at radius 1 is 1.12 bits per heavy atom. The number of para-hydroxylation sites is 1. The van der Waals surface area contributed by atoms with Gasteiger partial charge in [0.15, 0.2) is 0 Å². The van der Waals surface area contributed by atoms with Crippen molar-refractivity contribution >= 4 is 11.8 Å². The molecule has 1 unspecified atom stereocenters. The topological polar surface area (TPSA) is 63.1 Å². The van der Waals surface area contributed by atoms with Gasteiger partial charge in [0.05, 0.1) is 0 Å². The molecule has 0 saturated carbocycles. The minimum atomic E-state index is -0.496. The van der Waals surface area contributed by atoms with Crippen LogP contribution in [-0.4, -0.2) is 29.0 Å². The van der Waals surface area contributed by atoms with Crippen LogP contribution in [0.4, 0.5) is 0 Å². The third kappa shape index (κ3) is 4.75. The Hall–Kier alpha value is -2.56. The van der Waals surface area contributed by atoms with Crippen molar-refractivity contribution in [3.63, 3.8) is 0 Å². The van der Waals surface area contributed by atoms with Gasteiger partial charge in [0.2, 0.25) is 11.8 Å². The predicted molar refractivity (Wildman–Crippen MR) is 104 cm³/mol. The van der Waals surface area contributed by atoms with Crippen LogP contribution in [-0.2, 0) is 16.0 Å². The lowest BCUT2D eigenvalue weighted by molar-refractivity contribution is -0.129. The largest absolute Gasteiger partial charge is 0.354 e. The molecule has 1 aromatic carbocycles. The maximum absolute atomic E-state index is 12.4. The quantitative estimate of drug-likeness (QED) is 0.802. The van der Waals surface area contributed by atoms with Crippen molar-refractivity contribution in [2.75, 3.05) is 6.54 Å².